The molecule has 9 nitrogen and oxygen atoms in total. The quantitative estimate of drug-likeness (QED) is 0.139. The molecule has 3 aliphatic heterocycles. The summed E-state index contributed by atoms with van der Waals surface area (Å²) in [4.78, 5) is 40.8. The van der Waals surface area contributed by atoms with Crippen LogP contribution < -0.4 is 4.74 Å². The molecule has 8 bridgehead atoms. The number of hydrogen-bond donors (Lipinski definition) is 4. The van der Waals surface area contributed by atoms with Gasteiger partial charge in [0.1, 0.15) is 34.7 Å². The molecular weight excluding hydrogens is 672 g/mol. The molecule has 1 aliphatic carbocycles. The normalized spacial score (nSPS) is 27.3. The van der Waals surface area contributed by atoms with E-state index in [1.165, 1.54) is 12.1 Å². The van der Waals surface area contributed by atoms with Crippen LogP contribution in [0.4, 0.5) is 0 Å². The number of aliphatic hydroxyl groups excluding tert-OH is 1. The summed E-state index contributed by atoms with van der Waals surface area (Å²) in [6.07, 6.45) is 4.53. The molecule has 7 rings (SSSR count). The first-order valence-electron chi connectivity index (χ1n) is 18.8. The number of allylic oxidation sites excluding steroid dienone is 1. The van der Waals surface area contributed by atoms with Gasteiger partial charge in [0.15, 0.2) is 0 Å². The smallest absolute Gasteiger partial charge is 0.334 e. The molecule has 1 fully saturated rings. The second-order valence-electron chi connectivity index (χ2n) is 15.2. The largest absolute Gasteiger partial charge is 0.508 e. The number of aromatic hydroxyl groups is 2. The van der Waals surface area contributed by atoms with Gasteiger partial charge in [-0.15, -0.1) is 0 Å². The van der Waals surface area contributed by atoms with Crippen molar-refractivity contribution in [1.82, 2.24) is 0 Å². The fourth-order valence-corrected chi connectivity index (χ4v) is 8.77. The first-order valence-corrected chi connectivity index (χ1v) is 18.8. The predicted octanol–water partition coefficient (Wildman–Crippen LogP) is 6.26. The average Bonchev–Trinajstić information content (AvgIpc) is 3.13. The topological polar surface area (TPSA) is 151 Å². The van der Waals surface area contributed by atoms with Gasteiger partial charge in [0.2, 0.25) is 0 Å². The summed E-state index contributed by atoms with van der Waals surface area (Å²) in [5.74, 6) is 3.67. The van der Waals surface area contributed by atoms with E-state index in [9.17, 15) is 34.8 Å². The molecule has 276 valence electrons. The molecule has 1 saturated carbocycles. The third kappa shape index (κ3) is 7.76. The number of fused-ring (bicyclic) bond motifs is 8. The van der Waals surface area contributed by atoms with Crippen LogP contribution in [-0.4, -0.2) is 49.9 Å². The minimum Gasteiger partial charge on any atom is -0.508 e. The van der Waals surface area contributed by atoms with Crippen LogP contribution in [0.5, 0.6) is 17.2 Å². The maximum Gasteiger partial charge on any atom is 0.334 e. The monoisotopic (exact) mass is 718 g/mol. The first-order chi connectivity index (χ1) is 25.5. The number of esters is 2. The first kappa shape index (κ1) is 36.4. The van der Waals surface area contributed by atoms with E-state index in [-0.39, 0.29) is 60.7 Å². The number of hydrogen-bond acceptors (Lipinski definition) is 9. The number of carbonyl (C=O) groups is 3. The van der Waals surface area contributed by atoms with Gasteiger partial charge in [0, 0.05) is 41.9 Å². The van der Waals surface area contributed by atoms with E-state index in [4.69, 9.17) is 9.47 Å². The standard InChI is InChI=1S/C44H46O9/c1-2-13-44(51)35-11-12-38(47)33(19-35)15-27-7-3-5-26(14-27)6-4-8-31-18-29(32-16-28(25-45)17-36(46)20-32)9-10-30-23-42(49)52-40-24-39(48)34(21-37(30)40)22-41(44)53-43(31)50/h3,5,7-8,14,16-17,20-21,24,29-30,33,35,41,45-46,48,51H,2,4,6,11-13,15,18-19,22-23,25H2,1H3/t29-,30-,33-,35-,41+,44-/m0/s1. The summed E-state index contributed by atoms with van der Waals surface area (Å²) in [5.41, 5.74) is 2.99. The molecule has 6 atom stereocenters. The van der Waals surface area contributed by atoms with E-state index in [0.29, 0.717) is 79.2 Å². The Bertz CT molecular complexity index is 2020. The highest BCUT2D eigenvalue weighted by molar-refractivity contribution is 5.89. The number of aliphatic hydroxyl groups is 2. The lowest BCUT2D eigenvalue weighted by Gasteiger charge is -2.45. The lowest BCUT2D eigenvalue weighted by atomic mass is 9.66. The van der Waals surface area contributed by atoms with Crippen molar-refractivity contribution in [2.75, 3.05) is 0 Å². The van der Waals surface area contributed by atoms with Crippen LogP contribution in [0.3, 0.4) is 0 Å². The summed E-state index contributed by atoms with van der Waals surface area (Å²) < 4.78 is 12.0. The fraction of sp³-hybridized carbons (Fsp3) is 0.432. The maximum absolute atomic E-state index is 14.6. The van der Waals surface area contributed by atoms with Crippen LogP contribution >= 0.6 is 0 Å². The minimum absolute atomic E-state index is 0.0194. The Balaban J connectivity index is 1.42. The molecular formula is C44H46O9. The molecule has 0 radical (unpaired) electrons. The number of aryl methyl sites for hydroxylation is 1. The second kappa shape index (κ2) is 15.2. The van der Waals surface area contributed by atoms with Crippen molar-refractivity contribution in [2.24, 2.45) is 11.8 Å². The van der Waals surface area contributed by atoms with E-state index in [1.807, 2.05) is 31.2 Å². The van der Waals surface area contributed by atoms with Gasteiger partial charge < -0.3 is 29.9 Å². The predicted molar refractivity (Wildman–Crippen MR) is 196 cm³/mol. The Labute approximate surface area is 309 Å². The Kier molecular flexibility index (Phi) is 10.5. The Morgan fingerprint density at radius 1 is 0.906 bits per heavy atom. The van der Waals surface area contributed by atoms with Crippen LogP contribution in [0.2, 0.25) is 0 Å². The zero-order valence-electron chi connectivity index (χ0n) is 30.0. The summed E-state index contributed by atoms with van der Waals surface area (Å²) in [6.45, 7) is 1.65. The SMILES string of the molecule is CCC[C@]1(O)[C@H]2CCC(=O)[C@@H](Cc3cccc(c3)CCC=C3C[C@@H](c4cc(O)cc(CO)c4)C#C[C@H]4CC(=O)Oc5cc(O)c(cc54)C[C@H]1OC3=O)C2. The molecule has 0 amide bonds. The van der Waals surface area contributed by atoms with Gasteiger partial charge in [-0.25, -0.2) is 4.79 Å². The van der Waals surface area contributed by atoms with Crippen LogP contribution in [0.1, 0.15) is 104 Å². The van der Waals surface area contributed by atoms with Gasteiger partial charge in [-0.05, 0) is 96.9 Å². The molecule has 0 aromatic heterocycles. The van der Waals surface area contributed by atoms with Gasteiger partial charge in [0.25, 0.3) is 0 Å². The van der Waals surface area contributed by atoms with Gasteiger partial charge in [-0.1, -0.05) is 61.6 Å². The molecule has 4 aliphatic rings. The Morgan fingerprint density at radius 3 is 2.53 bits per heavy atom. The van der Waals surface area contributed by atoms with Crippen LogP contribution in [0.25, 0.3) is 0 Å². The highest BCUT2D eigenvalue weighted by Crippen LogP contribution is 2.45. The minimum atomic E-state index is -1.54. The van der Waals surface area contributed by atoms with E-state index in [2.05, 4.69) is 17.9 Å². The van der Waals surface area contributed by atoms with E-state index >= 15 is 0 Å². The molecule has 3 aromatic rings. The number of phenolic OH excluding ortho intramolecular Hbond substituents is 2. The number of Topliss-reactive ketones (excluding diaryl/α,β-unsaturated/α-hetero) is 1. The maximum atomic E-state index is 14.6. The zero-order valence-corrected chi connectivity index (χ0v) is 30.0. The molecule has 0 unspecified atom stereocenters. The van der Waals surface area contributed by atoms with Crippen molar-refractivity contribution >= 4 is 17.7 Å². The molecule has 3 aromatic carbocycles. The van der Waals surface area contributed by atoms with Crippen molar-refractivity contribution in [3.05, 3.63) is 99.6 Å². The molecule has 0 spiro atoms. The number of benzene rings is 3. The van der Waals surface area contributed by atoms with Crippen molar-refractivity contribution in [3.8, 4) is 29.1 Å². The van der Waals surface area contributed by atoms with Gasteiger partial charge >= 0.3 is 11.9 Å². The second-order valence-corrected chi connectivity index (χ2v) is 15.2. The molecule has 53 heavy (non-hydrogen) atoms. The van der Waals surface area contributed by atoms with Gasteiger partial charge in [0.05, 0.1) is 18.9 Å². The number of ketones is 1. The van der Waals surface area contributed by atoms with Crippen molar-refractivity contribution in [3.63, 3.8) is 0 Å². The lowest BCUT2D eigenvalue weighted by Crippen LogP contribution is -2.54. The van der Waals surface area contributed by atoms with E-state index in [1.54, 1.807) is 18.2 Å². The molecule has 3 heterocycles. The summed E-state index contributed by atoms with van der Waals surface area (Å²) in [6, 6.07) is 16.1. The number of phenols is 2. The van der Waals surface area contributed by atoms with Crippen LogP contribution in [0.15, 0.2) is 66.2 Å². The Hall–Kier alpha value is -4.91. The summed E-state index contributed by atoms with van der Waals surface area (Å²) >= 11 is 0. The average molecular weight is 719 g/mol. The van der Waals surface area contributed by atoms with Gasteiger partial charge in [-0.3, -0.25) is 9.59 Å². The number of carbonyl (C=O) groups excluding carboxylic acids is 3. The summed E-state index contributed by atoms with van der Waals surface area (Å²) in [5, 5.41) is 44.9. The number of rotatable bonds is 4. The summed E-state index contributed by atoms with van der Waals surface area (Å²) in [7, 11) is 0. The Morgan fingerprint density at radius 2 is 1.72 bits per heavy atom. The highest BCUT2D eigenvalue weighted by atomic mass is 16.6. The van der Waals surface area contributed by atoms with Crippen LogP contribution in [-0.2, 0) is 45.0 Å². The molecule has 9 heteroatoms. The van der Waals surface area contributed by atoms with Gasteiger partial charge in [-0.2, -0.15) is 0 Å². The van der Waals surface area contributed by atoms with Crippen molar-refractivity contribution < 1.29 is 44.3 Å². The fourth-order valence-electron chi connectivity index (χ4n) is 8.77. The third-order valence-corrected chi connectivity index (χ3v) is 11.5. The zero-order chi connectivity index (χ0) is 37.3. The van der Waals surface area contributed by atoms with Crippen LogP contribution in [0, 0.1) is 23.7 Å². The van der Waals surface area contributed by atoms with E-state index in [0.717, 1.165) is 11.1 Å². The molecule has 0 saturated heterocycles. The van der Waals surface area contributed by atoms with Crippen molar-refractivity contribution in [1.29, 1.82) is 0 Å². The lowest BCUT2D eigenvalue weighted by molar-refractivity contribution is -0.176. The van der Waals surface area contributed by atoms with E-state index < -0.39 is 35.5 Å². The van der Waals surface area contributed by atoms with Crippen molar-refractivity contribution in [2.45, 2.75) is 108 Å². The molecule has 4 N–H and O–H groups in total. The number of ether oxygens (including phenoxy) is 2. The highest BCUT2D eigenvalue weighted by Gasteiger charge is 2.49. The third-order valence-electron chi connectivity index (χ3n) is 11.5.